The molecule has 5 amide bonds. The molecule has 5 fully saturated rings. The first-order chi connectivity index (χ1) is 61.2. The molecule has 686 valence electrons. The van der Waals surface area contributed by atoms with Crippen molar-refractivity contribution in [2.24, 2.45) is 29.6 Å². The molecular formula is C94H128N16O17. The number of anilines is 3. The fourth-order valence-corrected chi connectivity index (χ4v) is 18.7. The number of ether oxygens (including phenoxy) is 6. The van der Waals surface area contributed by atoms with E-state index in [9.17, 15) is 48.6 Å². The van der Waals surface area contributed by atoms with Crippen LogP contribution in [0.15, 0.2) is 107 Å². The number of nitrogen functional groups attached to an aromatic ring is 2. The number of ketones is 2. The average Bonchev–Trinajstić information content (AvgIpc) is 1.61. The van der Waals surface area contributed by atoms with Gasteiger partial charge in [-0.3, -0.25) is 33.7 Å². The third kappa shape index (κ3) is 24.9. The number of alkyl carbamates (subject to hydrolysis) is 1. The van der Waals surface area contributed by atoms with Gasteiger partial charge in [0.1, 0.15) is 53.5 Å². The Morgan fingerprint density at radius 2 is 1.46 bits per heavy atom. The Kier molecular flexibility index (Phi) is 33.0. The van der Waals surface area contributed by atoms with Crippen molar-refractivity contribution in [3.8, 4) is 11.3 Å². The second kappa shape index (κ2) is 44.5. The average molecular weight is 1750 g/mol. The van der Waals surface area contributed by atoms with E-state index in [0.717, 1.165) is 27.8 Å². The molecule has 4 saturated heterocycles. The number of amides is 5. The number of methoxy groups -OCH3 is 2. The monoisotopic (exact) mass is 1750 g/mol. The molecule has 7 aliphatic rings. The minimum atomic E-state index is -1.07. The number of carbonyl (C=O) groups excluding carboxylic acids is 8. The number of allylic oxidation sites excluding steroid dienone is 5. The first-order valence-electron chi connectivity index (χ1n) is 45.5. The number of hydrogen-bond acceptors (Lipinski definition) is 27. The number of Topliss-reactive ketones (excluding diaryl/α,β-unsaturated/α-hetero) is 2. The highest BCUT2D eigenvalue weighted by Gasteiger charge is 2.45. The van der Waals surface area contributed by atoms with Gasteiger partial charge in [-0.25, -0.2) is 34.2 Å². The summed E-state index contributed by atoms with van der Waals surface area (Å²) >= 11 is 0. The number of aliphatic hydroxyl groups excluding tert-OH is 2. The highest BCUT2D eigenvalue weighted by Crippen LogP contribution is 2.38. The van der Waals surface area contributed by atoms with Gasteiger partial charge in [0.2, 0.25) is 29.5 Å². The number of aliphatic hydroxyl groups is 2. The summed E-state index contributed by atoms with van der Waals surface area (Å²) < 4.78 is 44.0. The molecule has 4 aromatic heterocycles. The number of rotatable bonds is 21. The van der Waals surface area contributed by atoms with Gasteiger partial charge in [0, 0.05) is 167 Å². The van der Waals surface area contributed by atoms with Crippen LogP contribution in [0.1, 0.15) is 173 Å². The lowest BCUT2D eigenvalue weighted by molar-refractivity contribution is -0.169. The number of oxazole rings is 1. The Labute approximate surface area is 742 Å². The van der Waals surface area contributed by atoms with Crippen molar-refractivity contribution in [1.82, 2.24) is 64.5 Å². The summed E-state index contributed by atoms with van der Waals surface area (Å²) in [4.78, 5) is 144. The van der Waals surface area contributed by atoms with E-state index in [2.05, 4.69) is 47.3 Å². The molecule has 14 atom stereocenters. The molecule has 2 aromatic carbocycles. The summed E-state index contributed by atoms with van der Waals surface area (Å²) in [6, 6.07) is 10.8. The smallest absolute Gasteiger partial charge is 0.407 e. The minimum Gasteiger partial charge on any atom is -0.461 e. The van der Waals surface area contributed by atoms with Gasteiger partial charge in [0.05, 0.1) is 62.1 Å². The van der Waals surface area contributed by atoms with Gasteiger partial charge in [0.15, 0.2) is 11.2 Å². The van der Waals surface area contributed by atoms with Crippen LogP contribution < -0.4 is 21.7 Å². The molecule has 6 aromatic rings. The number of aromatic nitrogens is 7. The molecular weight excluding hydrogens is 1630 g/mol. The van der Waals surface area contributed by atoms with E-state index in [1.54, 1.807) is 45.7 Å². The summed E-state index contributed by atoms with van der Waals surface area (Å²) in [6.45, 7) is 19.1. The number of esters is 1. The highest BCUT2D eigenvalue weighted by atomic mass is 16.6. The van der Waals surface area contributed by atoms with Gasteiger partial charge >= 0.3 is 12.1 Å². The molecule has 33 heteroatoms. The maximum absolute atomic E-state index is 14.6. The van der Waals surface area contributed by atoms with Crippen LogP contribution in [-0.4, -0.2) is 271 Å². The molecule has 1 aliphatic carbocycles. The first kappa shape index (κ1) is 94.2. The Morgan fingerprint density at radius 1 is 0.701 bits per heavy atom. The predicted octanol–water partition coefficient (Wildman–Crippen LogP) is 9.23. The first-order valence-corrected chi connectivity index (χ1v) is 45.5. The Hall–Kier alpha value is -10.4. The standard InChI is InChI=1S/C94H128N16O17/c1-58-14-10-9-11-15-59(2)79(121-7)50-71-23-17-60(3)87(124-71)86(117)90(118)109-31-13-12-16-73(109)91(119)125-70(49-74(111)62(5)45-63(6)76(113)51-75(112)61(4)44-58)24-19-64-20-25-78(80(47-64)122-8)127-94(120)99-54-66-52-97-93(98-53-66)107-39-37-106(38-40-107)83(116)30-42-123-43-41-104-33-35-105(36-34-104)81(114)27-28-82(115)108-32-29-67-46-65(18-21-69(67)56-108)55-110-89-84(88(95)100-57-101-89)85(103-110)68-22-26-77-72(48-68)102-92(96)126-77/h9-11,14-15,18,21-22,26,45-46,48,52-53,57-58,60-62,64,70-71,73-74,76,78-80,87,111,113H,12-13,16-17,19-20,23-25,27-44,47,49-51,54-56H2,1-8H3,(H2,96,102)(H,99,120)(H2,95,100,101)/b11-9+,14-10+,59-15+,63-45+/t58-,60-,61-,62-,64-,70-,71?,73+,74-,76+,78-,79+,80-,87?/m1/s1. The van der Waals surface area contributed by atoms with E-state index in [1.165, 1.54) is 11.2 Å². The zero-order chi connectivity index (χ0) is 90.0. The summed E-state index contributed by atoms with van der Waals surface area (Å²) in [7, 11) is 3.22. The molecule has 1 saturated carbocycles. The zero-order valence-electron chi connectivity index (χ0n) is 74.8. The van der Waals surface area contributed by atoms with E-state index in [0.29, 0.717) is 213 Å². The van der Waals surface area contributed by atoms with Crippen molar-refractivity contribution < 1.29 is 81.4 Å². The number of cyclic esters (lactones) is 1. The third-order valence-corrected chi connectivity index (χ3v) is 26.5. The van der Waals surface area contributed by atoms with Gasteiger partial charge in [0.25, 0.3) is 11.9 Å². The van der Waals surface area contributed by atoms with Crippen LogP contribution in [0.4, 0.5) is 22.6 Å². The van der Waals surface area contributed by atoms with Crippen LogP contribution >= 0.6 is 0 Å². The topological polar surface area (TPSA) is 411 Å². The molecule has 0 radical (unpaired) electrons. The molecule has 127 heavy (non-hydrogen) atoms. The summed E-state index contributed by atoms with van der Waals surface area (Å²) in [6.07, 6.45) is 17.7. The SMILES string of the molecule is CO[C@H]1CC2CC[C@@H](C)C(O2)C(=O)C(=O)N2CCCC[C@H]2C(=O)O[C@H](CC[C@@H]2CC[C@@H](OC(=O)NCc3cnc(N4CCN(C(=O)CCOCCN5CCN(C(=O)CCC(=O)N6CCc7cc(Cn8nc(-c9ccc%10oc(N)nc%10c9)c9c(N)ncnc98)ccc7C6)CC5)CC4)nc3)[C@H](OC)C2)C[C@@H](O)[C@H](C)/C=C(\C)[C@@H](O)CC(=O)[C@H](C)C[C@H](C)/C=C/C=C/C=C/1C. The number of hydrogen-bond donors (Lipinski definition) is 5. The molecule has 2 bridgehead atoms. The number of piperazine rings is 2. The third-order valence-electron chi connectivity index (χ3n) is 26.5. The Bertz CT molecular complexity index is 4940. The molecule has 13 rings (SSSR count). The molecule has 10 heterocycles. The maximum atomic E-state index is 14.6. The summed E-state index contributed by atoms with van der Waals surface area (Å²) in [5, 5.41) is 31.7. The lowest BCUT2D eigenvalue weighted by atomic mass is 9.81. The van der Waals surface area contributed by atoms with E-state index >= 15 is 0 Å². The van der Waals surface area contributed by atoms with Gasteiger partial charge in [-0.1, -0.05) is 82.4 Å². The Morgan fingerprint density at radius 3 is 2.22 bits per heavy atom. The number of benzene rings is 2. The minimum absolute atomic E-state index is 0.00568. The lowest BCUT2D eigenvalue weighted by Crippen LogP contribution is -2.55. The van der Waals surface area contributed by atoms with E-state index in [-0.39, 0.29) is 124 Å². The highest BCUT2D eigenvalue weighted by molar-refractivity contribution is 6.38. The number of fused-ring (bicyclic) bond motifs is 6. The largest absolute Gasteiger partial charge is 0.461 e. The normalized spacial score (nSPS) is 27.7. The van der Waals surface area contributed by atoms with E-state index in [1.807, 2.05) is 107 Å². The fourth-order valence-electron chi connectivity index (χ4n) is 18.7. The van der Waals surface area contributed by atoms with Crippen molar-refractivity contribution in [3.05, 3.63) is 125 Å². The van der Waals surface area contributed by atoms with Crippen LogP contribution in [0.25, 0.3) is 33.4 Å². The van der Waals surface area contributed by atoms with Crippen LogP contribution in [0.3, 0.4) is 0 Å². The van der Waals surface area contributed by atoms with Crippen LogP contribution in [-0.2, 0) is 88.0 Å². The van der Waals surface area contributed by atoms with Gasteiger partial charge in [-0.2, -0.15) is 10.1 Å². The predicted molar refractivity (Wildman–Crippen MR) is 476 cm³/mol. The Balaban J connectivity index is 0.507. The fraction of sp³-hybridized carbons (Fsp3) is 0.596. The number of piperidine rings is 1. The second-order valence-electron chi connectivity index (χ2n) is 35.7. The molecule has 6 aliphatic heterocycles. The quantitative estimate of drug-likeness (QED) is 0.0194. The van der Waals surface area contributed by atoms with E-state index in [4.69, 9.17) is 49.4 Å². The number of nitrogens with two attached hydrogens (primary N) is 2. The van der Waals surface area contributed by atoms with Crippen molar-refractivity contribution in [3.63, 3.8) is 0 Å². The molecule has 7 N–H and O–H groups in total. The maximum Gasteiger partial charge on any atom is 0.407 e. The summed E-state index contributed by atoms with van der Waals surface area (Å²) in [5.41, 5.74) is 20.7. The molecule has 33 nitrogen and oxygen atoms in total. The van der Waals surface area contributed by atoms with E-state index < -0.39 is 72.3 Å². The molecule has 2 unspecified atom stereocenters. The number of carbonyl (C=O) groups is 8. The van der Waals surface area contributed by atoms with Gasteiger partial charge < -0.3 is 84.3 Å². The van der Waals surface area contributed by atoms with Crippen LogP contribution in [0.2, 0.25) is 0 Å². The van der Waals surface area contributed by atoms with Crippen LogP contribution in [0, 0.1) is 29.6 Å². The lowest BCUT2D eigenvalue weighted by Gasteiger charge is -2.38. The van der Waals surface area contributed by atoms with Gasteiger partial charge in [-0.15, -0.1) is 0 Å². The van der Waals surface area contributed by atoms with Crippen molar-refractivity contribution in [1.29, 1.82) is 0 Å². The zero-order valence-corrected chi connectivity index (χ0v) is 74.8. The van der Waals surface area contributed by atoms with Gasteiger partial charge in [-0.05, 0) is 155 Å². The van der Waals surface area contributed by atoms with Crippen LogP contribution in [0.5, 0.6) is 0 Å². The molecule has 0 spiro atoms. The summed E-state index contributed by atoms with van der Waals surface area (Å²) in [5.74, 6) is -2.39. The number of nitrogens with zero attached hydrogens (tertiary/aromatic N) is 13. The number of nitrogens with one attached hydrogen (secondary N) is 1. The second-order valence-corrected chi connectivity index (χ2v) is 35.7. The van der Waals surface area contributed by atoms with Crippen molar-refractivity contribution in [2.45, 2.75) is 232 Å². The van der Waals surface area contributed by atoms with Crippen molar-refractivity contribution in [2.75, 3.05) is 116 Å². The van der Waals surface area contributed by atoms with Crippen molar-refractivity contribution >= 4 is 87.2 Å².